The molecule has 3 aromatic carbocycles. The largest absolute Gasteiger partial charge is 0.507 e. The molecule has 0 saturated carbocycles. The van der Waals surface area contributed by atoms with Gasteiger partial charge in [0.05, 0.1) is 5.56 Å². The van der Waals surface area contributed by atoms with Crippen molar-refractivity contribution in [2.45, 2.75) is 32.2 Å². The van der Waals surface area contributed by atoms with Gasteiger partial charge in [0.2, 0.25) is 0 Å². The average molecular weight is 425 g/mol. The van der Waals surface area contributed by atoms with Gasteiger partial charge in [-0.1, -0.05) is 54.6 Å². The van der Waals surface area contributed by atoms with Crippen molar-refractivity contribution in [3.8, 4) is 5.75 Å². The molecule has 2 N–H and O–H groups in total. The normalized spacial score (nSPS) is 14.4. The van der Waals surface area contributed by atoms with E-state index in [1.54, 1.807) is 24.3 Å². The molecule has 162 valence electrons. The molecule has 4 heteroatoms. The van der Waals surface area contributed by atoms with Crippen molar-refractivity contribution in [2.24, 2.45) is 5.92 Å². The Bertz CT molecular complexity index is 1250. The van der Waals surface area contributed by atoms with Gasteiger partial charge >= 0.3 is 0 Å². The van der Waals surface area contributed by atoms with E-state index in [-0.39, 0.29) is 17.7 Å². The minimum absolute atomic E-state index is 0.0137. The van der Waals surface area contributed by atoms with E-state index in [1.165, 1.54) is 27.6 Å². The fourth-order valence-corrected chi connectivity index (χ4v) is 5.22. The summed E-state index contributed by atoms with van der Waals surface area (Å²) in [6.45, 7) is 2.72. The highest BCUT2D eigenvalue weighted by Gasteiger charge is 2.30. The number of carbonyl (C=O) groups is 1. The highest BCUT2D eigenvalue weighted by Crippen LogP contribution is 2.38. The van der Waals surface area contributed by atoms with Crippen LogP contribution in [0.2, 0.25) is 0 Å². The van der Waals surface area contributed by atoms with Crippen molar-refractivity contribution < 1.29 is 9.90 Å². The summed E-state index contributed by atoms with van der Waals surface area (Å²) < 4.78 is 2.42. The molecule has 0 aliphatic heterocycles. The van der Waals surface area contributed by atoms with Crippen LogP contribution in [0, 0.1) is 12.8 Å². The van der Waals surface area contributed by atoms with Crippen molar-refractivity contribution in [1.82, 2.24) is 9.88 Å². The fourth-order valence-electron chi connectivity index (χ4n) is 5.22. The van der Waals surface area contributed by atoms with Crippen molar-refractivity contribution in [1.29, 1.82) is 0 Å². The van der Waals surface area contributed by atoms with Crippen LogP contribution in [-0.4, -0.2) is 22.1 Å². The van der Waals surface area contributed by atoms with E-state index in [0.717, 1.165) is 19.3 Å². The topological polar surface area (TPSA) is 54.3 Å². The summed E-state index contributed by atoms with van der Waals surface area (Å²) >= 11 is 0. The van der Waals surface area contributed by atoms with Crippen LogP contribution in [0.3, 0.4) is 0 Å². The first kappa shape index (κ1) is 20.4. The number of hydrogen-bond donors (Lipinski definition) is 2. The maximum atomic E-state index is 12.6. The second kappa shape index (κ2) is 8.54. The van der Waals surface area contributed by atoms with Crippen LogP contribution in [-0.2, 0) is 12.8 Å². The number of carbonyl (C=O) groups excluding carboxylic acids is 1. The fraction of sp³-hybridized carbons (Fsp3) is 0.250. The SMILES string of the molecule is Cc1cn(C(CCNC(=O)c2ccccc2O)C2Cc3ccccc3C2)c2ccccc12. The zero-order valence-electron chi connectivity index (χ0n) is 18.3. The molecule has 0 saturated heterocycles. The number of para-hydroxylation sites is 2. The molecule has 1 aliphatic carbocycles. The number of amides is 1. The molecule has 1 amide bonds. The van der Waals surface area contributed by atoms with Gasteiger partial charge in [-0.05, 0) is 67.0 Å². The number of aromatic hydroxyl groups is 1. The van der Waals surface area contributed by atoms with Crippen LogP contribution < -0.4 is 5.32 Å². The Kier molecular flexibility index (Phi) is 5.44. The van der Waals surface area contributed by atoms with Gasteiger partial charge in [0, 0.05) is 29.7 Å². The van der Waals surface area contributed by atoms with Gasteiger partial charge < -0.3 is 15.0 Å². The van der Waals surface area contributed by atoms with Gasteiger partial charge in [-0.2, -0.15) is 0 Å². The van der Waals surface area contributed by atoms with Crippen LogP contribution in [0.4, 0.5) is 0 Å². The molecule has 5 rings (SSSR count). The molecule has 1 unspecified atom stereocenters. The van der Waals surface area contributed by atoms with Crippen LogP contribution >= 0.6 is 0 Å². The molecule has 0 bridgehead atoms. The first-order valence-corrected chi connectivity index (χ1v) is 11.3. The van der Waals surface area contributed by atoms with Gasteiger partial charge in [0.25, 0.3) is 5.91 Å². The lowest BCUT2D eigenvalue weighted by atomic mass is 9.93. The van der Waals surface area contributed by atoms with E-state index in [0.29, 0.717) is 18.0 Å². The number of rotatable bonds is 6. The van der Waals surface area contributed by atoms with Gasteiger partial charge in [-0.15, -0.1) is 0 Å². The minimum Gasteiger partial charge on any atom is -0.507 e. The predicted molar refractivity (Wildman–Crippen MR) is 128 cm³/mol. The molecule has 32 heavy (non-hydrogen) atoms. The molecule has 4 nitrogen and oxygen atoms in total. The van der Waals surface area contributed by atoms with Crippen molar-refractivity contribution in [2.75, 3.05) is 6.54 Å². The smallest absolute Gasteiger partial charge is 0.255 e. The number of nitrogens with zero attached hydrogens (tertiary/aromatic N) is 1. The summed E-state index contributed by atoms with van der Waals surface area (Å²) in [5, 5.41) is 14.3. The summed E-state index contributed by atoms with van der Waals surface area (Å²) in [7, 11) is 0. The summed E-state index contributed by atoms with van der Waals surface area (Å²) in [4.78, 5) is 12.6. The minimum atomic E-state index is -0.231. The van der Waals surface area contributed by atoms with Gasteiger partial charge in [-0.25, -0.2) is 0 Å². The van der Waals surface area contributed by atoms with E-state index in [9.17, 15) is 9.90 Å². The summed E-state index contributed by atoms with van der Waals surface area (Å²) in [6.07, 6.45) is 5.21. The molecular weight excluding hydrogens is 396 g/mol. The highest BCUT2D eigenvalue weighted by atomic mass is 16.3. The van der Waals surface area contributed by atoms with Crippen LogP contribution in [0.1, 0.15) is 39.5 Å². The Hall–Kier alpha value is -3.53. The lowest BCUT2D eigenvalue weighted by Crippen LogP contribution is -2.29. The molecular formula is C28H28N2O2. The Morgan fingerprint density at radius 3 is 2.41 bits per heavy atom. The van der Waals surface area contributed by atoms with Gasteiger partial charge in [-0.3, -0.25) is 4.79 Å². The number of benzene rings is 3. The maximum absolute atomic E-state index is 12.6. The third-order valence-electron chi connectivity index (χ3n) is 6.80. The predicted octanol–water partition coefficient (Wildman–Crippen LogP) is 5.43. The Morgan fingerprint density at radius 2 is 1.66 bits per heavy atom. The van der Waals surface area contributed by atoms with Crippen LogP contribution in [0.5, 0.6) is 5.75 Å². The average Bonchev–Trinajstić information content (AvgIpc) is 3.38. The second-order valence-electron chi connectivity index (χ2n) is 8.80. The molecule has 0 spiro atoms. The quantitative estimate of drug-likeness (QED) is 0.434. The molecule has 0 radical (unpaired) electrons. The standard InChI is InChI=1S/C28H28N2O2/c1-19-18-30(26-12-6-4-10-23(19)26)25(22-16-20-8-2-3-9-21(20)17-22)14-15-29-28(32)24-11-5-7-13-27(24)31/h2-13,18,22,25,31H,14-17H2,1H3,(H,29,32). The molecule has 1 aliphatic rings. The summed E-state index contributed by atoms with van der Waals surface area (Å²) in [5.41, 5.74) is 5.72. The third kappa shape index (κ3) is 3.77. The number of nitrogens with one attached hydrogen (secondary N) is 1. The number of fused-ring (bicyclic) bond motifs is 2. The van der Waals surface area contributed by atoms with E-state index in [4.69, 9.17) is 0 Å². The molecule has 1 atom stereocenters. The molecule has 1 heterocycles. The third-order valence-corrected chi connectivity index (χ3v) is 6.80. The Labute approximate surface area is 188 Å². The number of aromatic nitrogens is 1. The number of hydrogen-bond acceptors (Lipinski definition) is 2. The highest BCUT2D eigenvalue weighted by molar-refractivity contribution is 5.96. The second-order valence-corrected chi connectivity index (χ2v) is 8.80. The lowest BCUT2D eigenvalue weighted by Gasteiger charge is -2.27. The van der Waals surface area contributed by atoms with Crippen LogP contribution in [0.15, 0.2) is 79.0 Å². The van der Waals surface area contributed by atoms with Gasteiger partial charge in [0.15, 0.2) is 0 Å². The van der Waals surface area contributed by atoms with Crippen molar-refractivity contribution in [3.05, 3.63) is 101 Å². The molecule has 1 aromatic heterocycles. The zero-order chi connectivity index (χ0) is 22.1. The zero-order valence-corrected chi connectivity index (χ0v) is 18.3. The van der Waals surface area contributed by atoms with E-state index < -0.39 is 0 Å². The van der Waals surface area contributed by atoms with E-state index in [1.807, 2.05) is 0 Å². The Balaban J connectivity index is 1.40. The first-order valence-electron chi connectivity index (χ1n) is 11.3. The lowest BCUT2D eigenvalue weighted by molar-refractivity contribution is 0.0947. The number of phenols is 1. The van der Waals surface area contributed by atoms with E-state index in [2.05, 4.69) is 71.5 Å². The maximum Gasteiger partial charge on any atom is 0.255 e. The summed E-state index contributed by atoms with van der Waals surface area (Å²) in [6, 6.07) is 24.2. The number of phenolic OH excluding ortho intramolecular Hbond substituents is 1. The number of aryl methyl sites for hydroxylation is 1. The van der Waals surface area contributed by atoms with Crippen molar-refractivity contribution >= 4 is 16.8 Å². The first-order chi connectivity index (χ1) is 15.6. The molecule has 4 aromatic rings. The van der Waals surface area contributed by atoms with E-state index >= 15 is 0 Å². The monoisotopic (exact) mass is 424 g/mol. The van der Waals surface area contributed by atoms with Gasteiger partial charge in [0.1, 0.15) is 5.75 Å². The molecule has 0 fully saturated rings. The van der Waals surface area contributed by atoms with Crippen LogP contribution in [0.25, 0.3) is 10.9 Å². The van der Waals surface area contributed by atoms with Crippen molar-refractivity contribution in [3.63, 3.8) is 0 Å². The Morgan fingerprint density at radius 1 is 1.00 bits per heavy atom. The summed E-state index contributed by atoms with van der Waals surface area (Å²) in [5.74, 6) is 0.259.